The van der Waals surface area contributed by atoms with E-state index in [1.54, 1.807) is 18.3 Å². The van der Waals surface area contributed by atoms with Crippen LogP contribution in [0.25, 0.3) is 0 Å². The number of pyridine rings is 1. The van der Waals surface area contributed by atoms with Gasteiger partial charge in [-0.05, 0) is 12.1 Å². The summed E-state index contributed by atoms with van der Waals surface area (Å²) < 4.78 is 1.34. The van der Waals surface area contributed by atoms with Gasteiger partial charge in [0.05, 0.1) is 12.6 Å². The Bertz CT molecular complexity index is 717. The van der Waals surface area contributed by atoms with Crippen molar-refractivity contribution in [3.05, 3.63) is 62.9 Å². The van der Waals surface area contributed by atoms with E-state index in [4.69, 9.17) is 0 Å². The molecule has 0 aromatic carbocycles. The number of carbonyl (C=O) groups excluding carboxylic acids is 1. The molecule has 0 aliphatic carbocycles. The van der Waals surface area contributed by atoms with Crippen LogP contribution in [0, 0.1) is 0 Å². The van der Waals surface area contributed by atoms with Crippen molar-refractivity contribution in [3.63, 3.8) is 0 Å². The highest BCUT2D eigenvalue weighted by molar-refractivity contribution is 5.91. The summed E-state index contributed by atoms with van der Waals surface area (Å²) in [4.78, 5) is 34.0. The highest BCUT2D eigenvalue weighted by Crippen LogP contribution is 1.92. The largest absolute Gasteiger partial charge is 0.389 e. The minimum atomic E-state index is -0.920. The molecule has 2 rings (SSSR count). The van der Waals surface area contributed by atoms with Crippen LogP contribution in [0.2, 0.25) is 0 Å². The fraction of sp³-hybridized carbons (Fsp3) is 0.231. The molecule has 1 unspecified atom stereocenters. The van der Waals surface area contributed by atoms with E-state index >= 15 is 0 Å². The summed E-state index contributed by atoms with van der Waals surface area (Å²) in [5.41, 5.74) is -0.598. The lowest BCUT2D eigenvalue weighted by Crippen LogP contribution is -2.36. The van der Waals surface area contributed by atoms with E-state index in [2.05, 4.69) is 15.5 Å². The lowest BCUT2D eigenvalue weighted by Gasteiger charge is -2.13. The van der Waals surface area contributed by atoms with Gasteiger partial charge < -0.3 is 15.0 Å². The van der Waals surface area contributed by atoms with Crippen LogP contribution in [0.15, 0.2) is 46.1 Å². The van der Waals surface area contributed by atoms with Crippen LogP contribution in [0.5, 0.6) is 0 Å². The maximum absolute atomic E-state index is 11.7. The van der Waals surface area contributed by atoms with Gasteiger partial charge in [-0.25, -0.2) is 5.10 Å². The number of carbonyl (C=O) groups is 1. The van der Waals surface area contributed by atoms with Gasteiger partial charge in [-0.15, -0.1) is 0 Å². The van der Waals surface area contributed by atoms with E-state index < -0.39 is 17.6 Å². The van der Waals surface area contributed by atoms with Crippen molar-refractivity contribution >= 4 is 5.91 Å². The highest BCUT2D eigenvalue weighted by Gasteiger charge is 2.11. The molecule has 2 aromatic heterocycles. The number of nitrogens with zero attached hydrogens (tertiary/aromatic N) is 2. The fourth-order valence-electron chi connectivity index (χ4n) is 1.68. The number of amides is 1. The van der Waals surface area contributed by atoms with Gasteiger partial charge in [0.25, 0.3) is 17.0 Å². The Morgan fingerprint density at radius 3 is 2.81 bits per heavy atom. The Balaban J connectivity index is 1.89. The van der Waals surface area contributed by atoms with E-state index in [0.29, 0.717) is 0 Å². The molecule has 0 spiro atoms. The molecular formula is C13H14N4O4. The van der Waals surface area contributed by atoms with Gasteiger partial charge in [-0.3, -0.25) is 14.4 Å². The zero-order valence-corrected chi connectivity index (χ0v) is 11.0. The first-order valence-electron chi connectivity index (χ1n) is 6.24. The number of nitrogens with one attached hydrogen (secondary N) is 2. The molecule has 1 atom stereocenters. The third-order valence-corrected chi connectivity index (χ3v) is 2.72. The number of aliphatic hydroxyl groups is 1. The molecule has 0 bridgehead atoms. The van der Waals surface area contributed by atoms with Crippen molar-refractivity contribution in [2.45, 2.75) is 12.6 Å². The summed E-state index contributed by atoms with van der Waals surface area (Å²) in [5, 5.41) is 18.0. The molecular weight excluding hydrogens is 276 g/mol. The molecule has 0 radical (unpaired) electrons. The maximum Gasteiger partial charge on any atom is 0.271 e. The monoisotopic (exact) mass is 290 g/mol. The van der Waals surface area contributed by atoms with Crippen molar-refractivity contribution in [1.82, 2.24) is 20.1 Å². The molecule has 8 nitrogen and oxygen atoms in total. The van der Waals surface area contributed by atoms with Crippen LogP contribution in [-0.2, 0) is 6.54 Å². The van der Waals surface area contributed by atoms with Crippen molar-refractivity contribution in [3.8, 4) is 0 Å². The quantitative estimate of drug-likeness (QED) is 0.634. The number of H-pyrrole nitrogens is 1. The Kier molecular flexibility index (Phi) is 4.62. The van der Waals surface area contributed by atoms with Gasteiger partial charge in [-0.2, -0.15) is 5.10 Å². The molecule has 8 heteroatoms. The summed E-state index contributed by atoms with van der Waals surface area (Å²) >= 11 is 0. The summed E-state index contributed by atoms with van der Waals surface area (Å²) in [6.07, 6.45) is 0.633. The number of aromatic nitrogens is 3. The molecule has 110 valence electrons. The normalized spacial score (nSPS) is 11.9. The van der Waals surface area contributed by atoms with Crippen molar-refractivity contribution in [2.75, 3.05) is 6.54 Å². The van der Waals surface area contributed by atoms with Crippen LogP contribution in [0.4, 0.5) is 0 Å². The Hall–Kier alpha value is -2.74. The molecule has 21 heavy (non-hydrogen) atoms. The molecule has 0 saturated heterocycles. The van der Waals surface area contributed by atoms with Gasteiger partial charge in [0.15, 0.2) is 0 Å². The highest BCUT2D eigenvalue weighted by atomic mass is 16.3. The first kappa shape index (κ1) is 14.7. The fourth-order valence-corrected chi connectivity index (χ4v) is 1.68. The molecule has 0 aliphatic heterocycles. The summed E-state index contributed by atoms with van der Waals surface area (Å²) in [5.74, 6) is -0.522. The summed E-state index contributed by atoms with van der Waals surface area (Å²) in [6, 6.07) is 7.13. The summed E-state index contributed by atoms with van der Waals surface area (Å²) in [7, 11) is 0. The van der Waals surface area contributed by atoms with Crippen molar-refractivity contribution in [2.24, 2.45) is 0 Å². The second kappa shape index (κ2) is 6.62. The van der Waals surface area contributed by atoms with Crippen LogP contribution in [0.3, 0.4) is 0 Å². The molecule has 3 N–H and O–H groups in total. The van der Waals surface area contributed by atoms with Gasteiger partial charge in [0, 0.05) is 24.9 Å². The van der Waals surface area contributed by atoms with E-state index in [1.807, 2.05) is 0 Å². The zero-order chi connectivity index (χ0) is 15.2. The van der Waals surface area contributed by atoms with E-state index in [0.717, 1.165) is 0 Å². The Morgan fingerprint density at radius 2 is 2.14 bits per heavy atom. The molecule has 2 aromatic rings. The van der Waals surface area contributed by atoms with Crippen LogP contribution < -0.4 is 16.4 Å². The molecule has 1 amide bonds. The average molecular weight is 290 g/mol. The van der Waals surface area contributed by atoms with Gasteiger partial charge in [0.2, 0.25) is 0 Å². The third kappa shape index (κ3) is 4.11. The van der Waals surface area contributed by atoms with E-state index in [-0.39, 0.29) is 24.3 Å². The molecule has 0 aliphatic rings. The summed E-state index contributed by atoms with van der Waals surface area (Å²) in [6.45, 7) is 0.0278. The van der Waals surface area contributed by atoms with Crippen molar-refractivity contribution < 1.29 is 9.90 Å². The van der Waals surface area contributed by atoms with Gasteiger partial charge in [0.1, 0.15) is 5.69 Å². The minimum Gasteiger partial charge on any atom is -0.389 e. The first-order chi connectivity index (χ1) is 10.1. The van der Waals surface area contributed by atoms with Crippen LogP contribution >= 0.6 is 0 Å². The average Bonchev–Trinajstić information content (AvgIpc) is 2.48. The minimum absolute atomic E-state index is 0.0404. The number of aromatic amines is 1. The smallest absolute Gasteiger partial charge is 0.271 e. The molecule has 0 saturated carbocycles. The maximum atomic E-state index is 11.7. The van der Waals surface area contributed by atoms with Crippen molar-refractivity contribution in [1.29, 1.82) is 0 Å². The first-order valence-corrected chi connectivity index (χ1v) is 6.24. The molecule has 2 heterocycles. The van der Waals surface area contributed by atoms with Crippen LogP contribution in [0.1, 0.15) is 10.5 Å². The topological polar surface area (TPSA) is 117 Å². The number of hydrogen-bond acceptors (Lipinski definition) is 5. The zero-order valence-electron chi connectivity index (χ0n) is 11.0. The predicted octanol–water partition coefficient (Wildman–Crippen LogP) is -1.28. The number of rotatable bonds is 5. The Morgan fingerprint density at radius 1 is 1.33 bits per heavy atom. The van der Waals surface area contributed by atoms with Gasteiger partial charge in [-0.1, -0.05) is 6.07 Å². The second-order valence-electron chi connectivity index (χ2n) is 4.36. The Labute approximate surface area is 119 Å². The number of aliphatic hydroxyl groups excluding tert-OH is 1. The lowest BCUT2D eigenvalue weighted by atomic mass is 10.3. The predicted molar refractivity (Wildman–Crippen MR) is 73.9 cm³/mol. The van der Waals surface area contributed by atoms with Gasteiger partial charge >= 0.3 is 0 Å². The van der Waals surface area contributed by atoms with E-state index in [9.17, 15) is 19.5 Å². The standard InChI is InChI=1S/C13H14N4O4/c18-9(8-17-6-2-1-3-12(17)20)7-14-13(21)10-4-5-11(19)16-15-10/h1-6,9,18H,7-8H2,(H,14,21)(H,16,19). The SMILES string of the molecule is O=C(NCC(O)Cn1ccccc1=O)c1ccc(=O)[nH]n1. The molecule has 0 fully saturated rings. The van der Waals surface area contributed by atoms with E-state index in [1.165, 1.54) is 22.8 Å². The lowest BCUT2D eigenvalue weighted by molar-refractivity contribution is 0.0897. The third-order valence-electron chi connectivity index (χ3n) is 2.72. The number of hydrogen-bond donors (Lipinski definition) is 3. The second-order valence-corrected chi connectivity index (χ2v) is 4.36. The van der Waals surface area contributed by atoms with Crippen LogP contribution in [-0.4, -0.2) is 38.4 Å².